The summed E-state index contributed by atoms with van der Waals surface area (Å²) in [6.07, 6.45) is 4.67. The molecule has 2 aromatic carbocycles. The van der Waals surface area contributed by atoms with Gasteiger partial charge in [-0.15, -0.1) is 0 Å². The van der Waals surface area contributed by atoms with Crippen LogP contribution in [0.4, 0.5) is 5.69 Å². The Kier molecular flexibility index (Phi) is 6.80. The number of hydrogen-bond acceptors (Lipinski definition) is 4. The first-order valence-corrected chi connectivity index (χ1v) is 10.3. The SMILES string of the molecule is CCOc1ccc(NC(=O)C2(c3ccc(Cl)cc3)CCCCC2)cc1C(=O)OC. The number of benzene rings is 2. The fourth-order valence-electron chi connectivity index (χ4n) is 3.98. The Morgan fingerprint density at radius 2 is 1.76 bits per heavy atom. The van der Waals surface area contributed by atoms with Crippen molar-refractivity contribution in [3.63, 3.8) is 0 Å². The maximum absolute atomic E-state index is 13.4. The van der Waals surface area contributed by atoms with Crippen molar-refractivity contribution in [1.29, 1.82) is 0 Å². The lowest BCUT2D eigenvalue weighted by atomic mass is 9.68. The number of nitrogens with one attached hydrogen (secondary N) is 1. The standard InChI is InChI=1S/C23H26ClNO4/c1-3-29-20-12-11-18(15-19(20)21(26)28-2)25-22(27)23(13-5-4-6-14-23)16-7-9-17(24)10-8-16/h7-12,15H,3-6,13-14H2,1-2H3,(H,25,27). The van der Waals surface area contributed by atoms with E-state index in [2.05, 4.69) is 5.32 Å². The van der Waals surface area contributed by atoms with Gasteiger partial charge in [-0.25, -0.2) is 4.79 Å². The second-order valence-electron chi connectivity index (χ2n) is 7.24. The van der Waals surface area contributed by atoms with E-state index in [9.17, 15) is 9.59 Å². The molecule has 5 nitrogen and oxygen atoms in total. The lowest BCUT2D eigenvalue weighted by Gasteiger charge is -2.36. The molecule has 29 heavy (non-hydrogen) atoms. The zero-order chi connectivity index (χ0) is 20.9. The highest BCUT2D eigenvalue weighted by Crippen LogP contribution is 2.41. The Morgan fingerprint density at radius 3 is 2.38 bits per heavy atom. The summed E-state index contributed by atoms with van der Waals surface area (Å²) in [5, 5.41) is 3.67. The molecule has 1 saturated carbocycles. The highest BCUT2D eigenvalue weighted by molar-refractivity contribution is 6.30. The van der Waals surface area contributed by atoms with Crippen molar-refractivity contribution in [1.82, 2.24) is 0 Å². The van der Waals surface area contributed by atoms with Crippen molar-refractivity contribution in [2.75, 3.05) is 19.0 Å². The normalized spacial score (nSPS) is 15.4. The van der Waals surface area contributed by atoms with Crippen LogP contribution in [0.25, 0.3) is 0 Å². The molecule has 0 aromatic heterocycles. The fourth-order valence-corrected chi connectivity index (χ4v) is 4.11. The van der Waals surface area contributed by atoms with Gasteiger partial charge in [0, 0.05) is 10.7 Å². The van der Waals surface area contributed by atoms with Gasteiger partial charge >= 0.3 is 5.97 Å². The first-order chi connectivity index (χ1) is 14.0. The molecule has 0 bridgehead atoms. The van der Waals surface area contributed by atoms with Crippen LogP contribution in [-0.4, -0.2) is 25.6 Å². The Morgan fingerprint density at radius 1 is 1.07 bits per heavy atom. The number of halogens is 1. The van der Waals surface area contributed by atoms with Crippen LogP contribution in [0.3, 0.4) is 0 Å². The predicted molar refractivity (Wildman–Crippen MR) is 114 cm³/mol. The number of ether oxygens (including phenoxy) is 2. The highest BCUT2D eigenvalue weighted by Gasteiger charge is 2.41. The number of methoxy groups -OCH3 is 1. The van der Waals surface area contributed by atoms with E-state index < -0.39 is 11.4 Å². The van der Waals surface area contributed by atoms with E-state index in [1.807, 2.05) is 31.2 Å². The monoisotopic (exact) mass is 415 g/mol. The Hall–Kier alpha value is -2.53. The van der Waals surface area contributed by atoms with Crippen LogP contribution in [0.5, 0.6) is 5.75 Å². The quantitative estimate of drug-likeness (QED) is 0.644. The summed E-state index contributed by atoms with van der Waals surface area (Å²) in [5.74, 6) is -0.142. The van der Waals surface area contributed by atoms with Crippen LogP contribution < -0.4 is 10.1 Å². The molecule has 0 saturated heterocycles. The van der Waals surface area contributed by atoms with Gasteiger partial charge in [-0.3, -0.25) is 4.79 Å². The number of hydrogen-bond donors (Lipinski definition) is 1. The molecule has 1 aliphatic carbocycles. The van der Waals surface area contributed by atoms with Gasteiger partial charge < -0.3 is 14.8 Å². The van der Waals surface area contributed by atoms with Crippen LogP contribution in [-0.2, 0) is 14.9 Å². The average Bonchev–Trinajstić information content (AvgIpc) is 2.75. The maximum Gasteiger partial charge on any atom is 0.341 e. The van der Waals surface area contributed by atoms with Crippen molar-refractivity contribution in [3.05, 3.63) is 58.6 Å². The minimum Gasteiger partial charge on any atom is -0.493 e. The number of carbonyl (C=O) groups is 2. The molecule has 0 heterocycles. The van der Waals surface area contributed by atoms with Crippen molar-refractivity contribution < 1.29 is 19.1 Å². The summed E-state index contributed by atoms with van der Waals surface area (Å²) >= 11 is 6.05. The van der Waals surface area contributed by atoms with Crippen LogP contribution in [0.1, 0.15) is 54.9 Å². The smallest absolute Gasteiger partial charge is 0.341 e. The highest BCUT2D eigenvalue weighted by atomic mass is 35.5. The predicted octanol–water partition coefficient (Wildman–Crippen LogP) is 5.37. The molecular weight excluding hydrogens is 390 g/mol. The molecule has 1 aliphatic rings. The van der Waals surface area contributed by atoms with Gasteiger partial charge in [0.05, 0.1) is 19.1 Å². The third-order valence-electron chi connectivity index (χ3n) is 5.48. The van der Waals surface area contributed by atoms with Gasteiger partial charge in [0.2, 0.25) is 5.91 Å². The van der Waals surface area contributed by atoms with E-state index in [1.165, 1.54) is 7.11 Å². The third-order valence-corrected chi connectivity index (χ3v) is 5.73. The molecule has 1 amide bonds. The second-order valence-corrected chi connectivity index (χ2v) is 7.68. The lowest BCUT2D eigenvalue weighted by molar-refractivity contribution is -0.122. The van der Waals surface area contributed by atoms with E-state index in [-0.39, 0.29) is 11.5 Å². The summed E-state index contributed by atoms with van der Waals surface area (Å²) in [6.45, 7) is 2.27. The molecular formula is C23H26ClNO4. The fraction of sp³-hybridized carbons (Fsp3) is 0.391. The van der Waals surface area contributed by atoms with Crippen molar-refractivity contribution in [3.8, 4) is 5.75 Å². The number of carbonyl (C=O) groups excluding carboxylic acids is 2. The zero-order valence-corrected chi connectivity index (χ0v) is 17.6. The summed E-state index contributed by atoms with van der Waals surface area (Å²) in [6, 6.07) is 12.6. The number of esters is 1. The van der Waals surface area contributed by atoms with Crippen molar-refractivity contribution >= 4 is 29.2 Å². The second kappa shape index (κ2) is 9.31. The van der Waals surface area contributed by atoms with Gasteiger partial charge in [0.1, 0.15) is 11.3 Å². The minimum absolute atomic E-state index is 0.0699. The largest absolute Gasteiger partial charge is 0.493 e. The van der Waals surface area contributed by atoms with Crippen LogP contribution in [0.15, 0.2) is 42.5 Å². The molecule has 0 aliphatic heterocycles. The number of amides is 1. The number of anilines is 1. The average molecular weight is 416 g/mol. The van der Waals surface area contributed by atoms with E-state index >= 15 is 0 Å². The van der Waals surface area contributed by atoms with E-state index in [4.69, 9.17) is 21.1 Å². The van der Waals surface area contributed by atoms with Gasteiger partial charge in [-0.05, 0) is 55.7 Å². The van der Waals surface area contributed by atoms with Crippen molar-refractivity contribution in [2.24, 2.45) is 0 Å². The zero-order valence-electron chi connectivity index (χ0n) is 16.8. The summed E-state index contributed by atoms with van der Waals surface area (Å²) in [5.41, 5.74) is 1.19. The van der Waals surface area contributed by atoms with E-state index in [0.717, 1.165) is 37.7 Å². The molecule has 1 fully saturated rings. The minimum atomic E-state index is -0.604. The number of rotatable bonds is 6. The Balaban J connectivity index is 1.92. The topological polar surface area (TPSA) is 64.6 Å². The molecule has 154 valence electrons. The van der Waals surface area contributed by atoms with Crippen LogP contribution in [0.2, 0.25) is 5.02 Å². The van der Waals surface area contributed by atoms with Gasteiger partial charge in [-0.2, -0.15) is 0 Å². The van der Waals surface area contributed by atoms with E-state index in [0.29, 0.717) is 23.1 Å². The molecule has 2 aromatic rings. The summed E-state index contributed by atoms with van der Waals surface area (Å²) < 4.78 is 10.4. The Bertz CT molecular complexity index is 873. The van der Waals surface area contributed by atoms with Crippen LogP contribution in [0, 0.1) is 0 Å². The lowest BCUT2D eigenvalue weighted by Crippen LogP contribution is -2.42. The van der Waals surface area contributed by atoms with Gasteiger partial charge in [0.15, 0.2) is 0 Å². The summed E-state index contributed by atoms with van der Waals surface area (Å²) in [4.78, 5) is 25.6. The molecule has 0 radical (unpaired) electrons. The third kappa shape index (κ3) is 4.56. The van der Waals surface area contributed by atoms with Crippen LogP contribution >= 0.6 is 11.6 Å². The first-order valence-electron chi connectivity index (χ1n) is 9.93. The molecule has 0 atom stereocenters. The Labute approximate surface area is 176 Å². The van der Waals surface area contributed by atoms with E-state index in [1.54, 1.807) is 18.2 Å². The molecule has 1 N–H and O–H groups in total. The summed E-state index contributed by atoms with van der Waals surface area (Å²) in [7, 11) is 1.32. The first kappa shape index (κ1) is 21.2. The van der Waals surface area contributed by atoms with Crippen molar-refractivity contribution in [2.45, 2.75) is 44.4 Å². The molecule has 3 rings (SSSR count). The van der Waals surface area contributed by atoms with Gasteiger partial charge in [0.25, 0.3) is 0 Å². The molecule has 0 spiro atoms. The molecule has 6 heteroatoms. The van der Waals surface area contributed by atoms with Gasteiger partial charge in [-0.1, -0.05) is 43.0 Å². The molecule has 0 unspecified atom stereocenters. The maximum atomic E-state index is 13.4.